The molecule has 0 spiro atoms. The van der Waals surface area contributed by atoms with E-state index < -0.39 is 44.3 Å². The SMILES string of the molecule is CC1(S(=O)(=O)NC(=O)[C@]23CC(=O)[C@@H]4C[C@@H](Oc5nccc6ccccc56)CN4C(=O)[C@@H](Nc4ccccc4)CCCCC/C=C\[C@@H]2C3)CC1. The van der Waals surface area contributed by atoms with Crippen molar-refractivity contribution in [3.63, 3.8) is 0 Å². The van der Waals surface area contributed by atoms with E-state index in [4.69, 9.17) is 4.74 Å². The second-order valence-electron chi connectivity index (χ2n) is 14.4. The third-order valence-electron chi connectivity index (χ3n) is 10.9. The van der Waals surface area contributed by atoms with E-state index in [0.717, 1.165) is 42.1 Å². The Morgan fingerprint density at radius 3 is 2.57 bits per heavy atom. The molecule has 2 N–H and O–H groups in total. The average Bonchev–Trinajstić information content (AvgIpc) is 3.97. The monoisotopic (exact) mass is 684 g/mol. The fraction of sp³-hybridized carbons (Fsp3) is 0.474. The summed E-state index contributed by atoms with van der Waals surface area (Å²) < 4.78 is 34.1. The number of ketones is 1. The molecule has 1 aromatic heterocycles. The van der Waals surface area contributed by atoms with Gasteiger partial charge in [0, 0.05) is 30.1 Å². The van der Waals surface area contributed by atoms with Gasteiger partial charge in [-0.25, -0.2) is 13.4 Å². The number of benzene rings is 2. The number of anilines is 1. The average molecular weight is 685 g/mol. The van der Waals surface area contributed by atoms with Gasteiger partial charge in [-0.1, -0.05) is 61.4 Å². The molecule has 2 aliphatic heterocycles. The molecule has 2 aliphatic carbocycles. The summed E-state index contributed by atoms with van der Waals surface area (Å²) in [7, 11) is -3.89. The molecule has 2 aromatic carbocycles. The predicted molar refractivity (Wildman–Crippen MR) is 187 cm³/mol. The van der Waals surface area contributed by atoms with Gasteiger partial charge < -0.3 is 15.0 Å². The number of hydrogen-bond donors (Lipinski definition) is 2. The number of sulfonamides is 1. The smallest absolute Gasteiger partial charge is 0.245 e. The second-order valence-corrected chi connectivity index (χ2v) is 16.6. The van der Waals surface area contributed by atoms with Crippen LogP contribution in [-0.2, 0) is 24.4 Å². The predicted octanol–water partition coefficient (Wildman–Crippen LogP) is 5.55. The zero-order chi connectivity index (χ0) is 34.2. The molecule has 11 heteroatoms. The highest BCUT2D eigenvalue weighted by atomic mass is 32.2. The van der Waals surface area contributed by atoms with Crippen molar-refractivity contribution in [2.75, 3.05) is 11.9 Å². The Morgan fingerprint density at radius 1 is 1.00 bits per heavy atom. The number of ether oxygens (including phenoxy) is 1. The number of rotatable bonds is 7. The van der Waals surface area contributed by atoms with Crippen LogP contribution in [0.25, 0.3) is 10.8 Å². The molecule has 5 atom stereocenters. The summed E-state index contributed by atoms with van der Waals surface area (Å²) in [6.07, 6.45) is 10.7. The van der Waals surface area contributed by atoms with Crippen molar-refractivity contribution < 1.29 is 27.5 Å². The van der Waals surface area contributed by atoms with Crippen molar-refractivity contribution in [1.29, 1.82) is 0 Å². The maximum absolute atomic E-state index is 14.5. The fourth-order valence-corrected chi connectivity index (χ4v) is 8.70. The Hall–Kier alpha value is -4.25. The number of Topliss-reactive ketones (excluding diaryl/α,β-unsaturated/α-hetero) is 1. The van der Waals surface area contributed by atoms with E-state index in [1.807, 2.05) is 72.8 Å². The van der Waals surface area contributed by atoms with Crippen molar-refractivity contribution in [2.24, 2.45) is 11.3 Å². The minimum absolute atomic E-state index is 0.162. The van der Waals surface area contributed by atoms with Crippen molar-refractivity contribution in [2.45, 2.75) is 94.1 Å². The molecule has 4 aliphatic rings. The maximum Gasteiger partial charge on any atom is 0.245 e. The van der Waals surface area contributed by atoms with Crippen LogP contribution in [0, 0.1) is 11.3 Å². The number of hydrogen-bond acceptors (Lipinski definition) is 8. The number of aromatic nitrogens is 1. The van der Waals surface area contributed by atoms with Crippen LogP contribution in [0.4, 0.5) is 5.69 Å². The van der Waals surface area contributed by atoms with Gasteiger partial charge in [0.05, 0.1) is 22.7 Å². The first kappa shape index (κ1) is 33.3. The zero-order valence-corrected chi connectivity index (χ0v) is 28.7. The molecular weight excluding hydrogens is 641 g/mol. The summed E-state index contributed by atoms with van der Waals surface area (Å²) in [5, 5.41) is 5.23. The van der Waals surface area contributed by atoms with E-state index in [0.29, 0.717) is 31.6 Å². The number of pyridine rings is 1. The zero-order valence-electron chi connectivity index (χ0n) is 27.8. The molecule has 49 heavy (non-hydrogen) atoms. The van der Waals surface area contributed by atoms with Gasteiger partial charge in [-0.15, -0.1) is 0 Å². The topological polar surface area (TPSA) is 135 Å². The number of carbonyl (C=O) groups is 3. The van der Waals surface area contributed by atoms with Crippen LogP contribution in [0.1, 0.15) is 71.1 Å². The second kappa shape index (κ2) is 13.2. The highest BCUT2D eigenvalue weighted by Crippen LogP contribution is 2.57. The third-order valence-corrected chi connectivity index (χ3v) is 13.0. The first-order valence-electron chi connectivity index (χ1n) is 17.5. The minimum Gasteiger partial charge on any atom is -0.472 e. The first-order valence-corrected chi connectivity index (χ1v) is 19.0. The number of amides is 2. The molecule has 0 radical (unpaired) electrons. The summed E-state index contributed by atoms with van der Waals surface area (Å²) in [5.74, 6) is -0.900. The largest absolute Gasteiger partial charge is 0.472 e. The van der Waals surface area contributed by atoms with Crippen LogP contribution < -0.4 is 14.8 Å². The van der Waals surface area contributed by atoms with Crippen LogP contribution in [-0.4, -0.2) is 65.4 Å². The van der Waals surface area contributed by atoms with Gasteiger partial charge >= 0.3 is 0 Å². The summed E-state index contributed by atoms with van der Waals surface area (Å²) in [6, 6.07) is 17.8. The van der Waals surface area contributed by atoms with Gasteiger partial charge in [-0.2, -0.15) is 0 Å². The lowest BCUT2D eigenvalue weighted by atomic mass is 9.91. The van der Waals surface area contributed by atoms with Crippen molar-refractivity contribution in [3.05, 3.63) is 79.0 Å². The summed E-state index contributed by atoms with van der Waals surface area (Å²) in [5.41, 5.74) is -0.364. The lowest BCUT2D eigenvalue weighted by Gasteiger charge is -2.30. The van der Waals surface area contributed by atoms with Crippen molar-refractivity contribution in [1.82, 2.24) is 14.6 Å². The number of nitrogens with one attached hydrogen (secondary N) is 2. The van der Waals surface area contributed by atoms with Gasteiger partial charge in [0.15, 0.2) is 5.78 Å². The van der Waals surface area contributed by atoms with E-state index >= 15 is 0 Å². The lowest BCUT2D eigenvalue weighted by molar-refractivity contribution is -0.139. The van der Waals surface area contributed by atoms with Crippen LogP contribution in [0.15, 0.2) is 79.0 Å². The van der Waals surface area contributed by atoms with Crippen LogP contribution in [0.2, 0.25) is 0 Å². The Kier molecular flexibility index (Phi) is 8.98. The molecule has 10 nitrogen and oxygen atoms in total. The standard InChI is InChI=1S/C38H44N4O6S/c1-37(19-20-37)49(46,47)41-36(45)38-23-27(38)13-6-3-2-4-9-17-31(40-28-14-7-5-8-15-28)35(44)42-25-29(22-32(42)33(43)24-38)48-34-30-16-11-10-12-26(30)18-21-39-34/h5-8,10-16,18,21,27,29,31-32,40H,2-4,9,17,19-20,22-25H2,1H3,(H,41,45)/b13-6-/t27-,29-,31+,32+,38-/m1/s1. The molecule has 3 heterocycles. The van der Waals surface area contributed by atoms with Crippen LogP contribution in [0.5, 0.6) is 5.88 Å². The highest BCUT2D eigenvalue weighted by Gasteiger charge is 2.62. The Morgan fingerprint density at radius 2 is 1.78 bits per heavy atom. The first-order chi connectivity index (χ1) is 23.6. The maximum atomic E-state index is 14.5. The summed E-state index contributed by atoms with van der Waals surface area (Å²) in [6.45, 7) is 1.82. The van der Waals surface area contributed by atoms with E-state index in [-0.39, 0.29) is 37.0 Å². The Balaban J connectivity index is 1.20. The van der Waals surface area contributed by atoms with Crippen molar-refractivity contribution >= 4 is 44.1 Å². The van der Waals surface area contributed by atoms with Gasteiger partial charge in [-0.3, -0.25) is 19.1 Å². The summed E-state index contributed by atoms with van der Waals surface area (Å²) >= 11 is 0. The number of carbonyl (C=O) groups excluding carboxylic acids is 3. The molecule has 0 unspecified atom stereocenters. The Labute approximate surface area is 287 Å². The summed E-state index contributed by atoms with van der Waals surface area (Å²) in [4.78, 5) is 48.9. The molecule has 1 saturated heterocycles. The lowest BCUT2D eigenvalue weighted by Crippen LogP contribution is -2.49. The van der Waals surface area contributed by atoms with E-state index in [1.54, 1.807) is 18.0 Å². The molecule has 2 saturated carbocycles. The highest BCUT2D eigenvalue weighted by molar-refractivity contribution is 7.91. The molecule has 0 bridgehead atoms. The van der Waals surface area contributed by atoms with E-state index in [1.165, 1.54) is 0 Å². The number of allylic oxidation sites excluding steroid dienone is 2. The van der Waals surface area contributed by atoms with Gasteiger partial charge in [0.25, 0.3) is 0 Å². The molecule has 3 fully saturated rings. The van der Waals surface area contributed by atoms with Crippen LogP contribution >= 0.6 is 0 Å². The quantitative estimate of drug-likeness (QED) is 0.310. The van der Waals surface area contributed by atoms with Gasteiger partial charge in [0.1, 0.15) is 12.1 Å². The molecule has 7 rings (SSSR count). The molecular formula is C38H44N4O6S. The minimum atomic E-state index is -3.89. The number of para-hydroxylation sites is 1. The van der Waals surface area contributed by atoms with Gasteiger partial charge in [-0.05, 0) is 81.0 Å². The molecule has 3 aromatic rings. The normalized spacial score (nSPS) is 29.1. The van der Waals surface area contributed by atoms with E-state index in [2.05, 4.69) is 15.0 Å². The Bertz CT molecular complexity index is 1870. The molecule has 2 amide bonds. The van der Waals surface area contributed by atoms with Crippen molar-refractivity contribution in [3.8, 4) is 5.88 Å². The van der Waals surface area contributed by atoms with E-state index in [9.17, 15) is 22.8 Å². The van der Waals surface area contributed by atoms with Crippen LogP contribution in [0.3, 0.4) is 0 Å². The molecule has 258 valence electrons. The van der Waals surface area contributed by atoms with Gasteiger partial charge in [0.2, 0.25) is 27.7 Å². The third kappa shape index (κ3) is 6.82. The fourth-order valence-electron chi connectivity index (χ4n) is 7.37. The number of fused-ring (bicyclic) bond motifs is 3. The number of nitrogens with zero attached hydrogens (tertiary/aromatic N) is 2.